The zero-order valence-corrected chi connectivity index (χ0v) is 14.0. The Hall–Kier alpha value is -0.280. The van der Waals surface area contributed by atoms with Gasteiger partial charge in [-0.2, -0.15) is 0 Å². The van der Waals surface area contributed by atoms with Gasteiger partial charge in [-0.15, -0.1) is 0 Å². The smallest absolute Gasteiger partial charge is 0.0452 e. The highest BCUT2D eigenvalue weighted by molar-refractivity contribution is 6.33. The summed E-state index contributed by atoms with van der Waals surface area (Å²) in [5.74, 6) is 0. The van der Waals surface area contributed by atoms with Gasteiger partial charge in [0.15, 0.2) is 0 Å². The van der Waals surface area contributed by atoms with Crippen LogP contribution in [0.15, 0.2) is 18.2 Å². The second kappa shape index (κ2) is 6.87. The van der Waals surface area contributed by atoms with E-state index in [1.54, 1.807) is 0 Å². The van der Waals surface area contributed by atoms with Crippen LogP contribution in [0.2, 0.25) is 10.0 Å². The highest BCUT2D eigenvalue weighted by atomic mass is 35.5. The Bertz CT molecular complexity index is 484. The molecule has 1 heterocycles. The average molecular weight is 327 g/mol. The van der Waals surface area contributed by atoms with Gasteiger partial charge < -0.3 is 5.32 Å². The van der Waals surface area contributed by atoms with E-state index >= 15 is 0 Å². The fourth-order valence-electron chi connectivity index (χ4n) is 3.82. The predicted octanol–water partition coefficient (Wildman–Crippen LogP) is 4.49. The van der Waals surface area contributed by atoms with Gasteiger partial charge in [0.25, 0.3) is 0 Å². The van der Waals surface area contributed by atoms with Crippen molar-refractivity contribution in [3.05, 3.63) is 33.8 Å². The van der Waals surface area contributed by atoms with Gasteiger partial charge in [0.05, 0.1) is 0 Å². The molecule has 0 radical (unpaired) electrons. The molecular weight excluding hydrogens is 303 g/mol. The number of benzene rings is 1. The highest BCUT2D eigenvalue weighted by Gasteiger charge is 2.34. The second-order valence-electron chi connectivity index (χ2n) is 6.57. The van der Waals surface area contributed by atoms with Crippen LogP contribution in [-0.2, 0) is 6.54 Å². The molecule has 1 spiro atoms. The molecule has 2 fully saturated rings. The lowest BCUT2D eigenvalue weighted by atomic mass is 9.81. The van der Waals surface area contributed by atoms with Crippen molar-refractivity contribution >= 4 is 23.2 Å². The summed E-state index contributed by atoms with van der Waals surface area (Å²) in [6.07, 6.45) is 7.95. The van der Waals surface area contributed by atoms with Gasteiger partial charge in [-0.25, -0.2) is 0 Å². The molecule has 2 aliphatic rings. The van der Waals surface area contributed by atoms with Crippen molar-refractivity contribution in [2.24, 2.45) is 0 Å². The topological polar surface area (TPSA) is 15.3 Å². The lowest BCUT2D eigenvalue weighted by Crippen LogP contribution is -2.52. The van der Waals surface area contributed by atoms with Gasteiger partial charge in [-0.05, 0) is 56.1 Å². The molecule has 1 aromatic rings. The van der Waals surface area contributed by atoms with Gasteiger partial charge in [-0.1, -0.05) is 42.5 Å². The minimum Gasteiger partial charge on any atom is -0.310 e. The quantitative estimate of drug-likeness (QED) is 0.861. The van der Waals surface area contributed by atoms with Crippen molar-refractivity contribution in [3.63, 3.8) is 0 Å². The summed E-state index contributed by atoms with van der Waals surface area (Å²) in [5, 5.41) is 5.44. The van der Waals surface area contributed by atoms with Gasteiger partial charge in [-0.3, -0.25) is 4.90 Å². The Kier molecular flexibility index (Phi) is 5.11. The van der Waals surface area contributed by atoms with E-state index in [0.717, 1.165) is 41.8 Å². The number of rotatable bonds is 2. The largest absolute Gasteiger partial charge is 0.310 e. The molecule has 1 saturated carbocycles. The first-order chi connectivity index (χ1) is 10.2. The molecular formula is C17H24Cl2N2. The number of hydrogen-bond acceptors (Lipinski definition) is 2. The maximum absolute atomic E-state index is 6.33. The van der Waals surface area contributed by atoms with E-state index in [4.69, 9.17) is 23.2 Å². The molecule has 21 heavy (non-hydrogen) atoms. The Morgan fingerprint density at radius 3 is 2.71 bits per heavy atom. The maximum Gasteiger partial charge on any atom is 0.0452 e. The summed E-state index contributed by atoms with van der Waals surface area (Å²) in [4.78, 5) is 2.56. The van der Waals surface area contributed by atoms with Crippen LogP contribution >= 0.6 is 23.2 Å². The second-order valence-corrected chi connectivity index (χ2v) is 7.41. The molecule has 1 aliphatic heterocycles. The Morgan fingerprint density at radius 2 is 1.90 bits per heavy atom. The maximum atomic E-state index is 6.33. The van der Waals surface area contributed by atoms with E-state index in [2.05, 4.69) is 10.2 Å². The SMILES string of the molecule is Clc1ccc(Cl)c(CN2CCCNC3(CCCCC3)C2)c1. The lowest BCUT2D eigenvalue weighted by Gasteiger charge is -2.40. The highest BCUT2D eigenvalue weighted by Crippen LogP contribution is 2.31. The molecule has 0 aromatic heterocycles. The third-order valence-electron chi connectivity index (χ3n) is 4.89. The fraction of sp³-hybridized carbons (Fsp3) is 0.647. The molecule has 0 atom stereocenters. The van der Waals surface area contributed by atoms with Crippen LogP contribution in [0.1, 0.15) is 44.1 Å². The van der Waals surface area contributed by atoms with Crippen LogP contribution < -0.4 is 5.32 Å². The fourth-order valence-corrected chi connectivity index (χ4v) is 4.20. The van der Waals surface area contributed by atoms with Crippen LogP contribution in [0.25, 0.3) is 0 Å². The van der Waals surface area contributed by atoms with Gasteiger partial charge in [0.1, 0.15) is 0 Å². The molecule has 116 valence electrons. The van der Waals surface area contributed by atoms with Crippen molar-refractivity contribution in [2.75, 3.05) is 19.6 Å². The van der Waals surface area contributed by atoms with Crippen LogP contribution in [0.5, 0.6) is 0 Å². The first kappa shape index (κ1) is 15.6. The summed E-state index contributed by atoms with van der Waals surface area (Å²) < 4.78 is 0. The Labute approximate surface area is 137 Å². The van der Waals surface area contributed by atoms with E-state index in [9.17, 15) is 0 Å². The summed E-state index contributed by atoms with van der Waals surface area (Å²) in [6, 6.07) is 5.78. The third kappa shape index (κ3) is 3.92. The zero-order valence-electron chi connectivity index (χ0n) is 12.5. The predicted molar refractivity (Wildman–Crippen MR) is 90.2 cm³/mol. The van der Waals surface area contributed by atoms with Crippen LogP contribution in [0, 0.1) is 0 Å². The monoisotopic (exact) mass is 326 g/mol. The van der Waals surface area contributed by atoms with E-state index in [-0.39, 0.29) is 0 Å². The van der Waals surface area contributed by atoms with Crippen LogP contribution in [0.4, 0.5) is 0 Å². The molecule has 1 saturated heterocycles. The summed E-state index contributed by atoms with van der Waals surface area (Å²) in [7, 11) is 0. The Balaban J connectivity index is 1.73. The van der Waals surface area contributed by atoms with E-state index in [0.29, 0.717) is 5.54 Å². The molecule has 2 nitrogen and oxygen atoms in total. The number of halogens is 2. The summed E-state index contributed by atoms with van der Waals surface area (Å²) in [6.45, 7) is 4.32. The van der Waals surface area contributed by atoms with Crippen molar-refractivity contribution in [1.29, 1.82) is 0 Å². The molecule has 0 amide bonds. The van der Waals surface area contributed by atoms with E-state index < -0.39 is 0 Å². The summed E-state index contributed by atoms with van der Waals surface area (Å²) in [5.41, 5.74) is 1.48. The van der Waals surface area contributed by atoms with Crippen molar-refractivity contribution in [2.45, 2.75) is 50.6 Å². The molecule has 3 rings (SSSR count). The first-order valence-corrected chi connectivity index (χ1v) is 8.84. The molecule has 1 aromatic carbocycles. The molecule has 4 heteroatoms. The molecule has 0 unspecified atom stereocenters. The van der Waals surface area contributed by atoms with Crippen molar-refractivity contribution < 1.29 is 0 Å². The Morgan fingerprint density at radius 1 is 1.10 bits per heavy atom. The van der Waals surface area contributed by atoms with Crippen molar-refractivity contribution in [3.8, 4) is 0 Å². The van der Waals surface area contributed by atoms with Crippen molar-refractivity contribution in [1.82, 2.24) is 10.2 Å². The zero-order chi connectivity index (χ0) is 14.7. The minimum absolute atomic E-state index is 0.333. The third-order valence-corrected chi connectivity index (χ3v) is 5.49. The molecule has 1 aliphatic carbocycles. The number of nitrogens with zero attached hydrogens (tertiary/aromatic N) is 1. The first-order valence-electron chi connectivity index (χ1n) is 8.08. The van der Waals surface area contributed by atoms with Gasteiger partial charge in [0, 0.05) is 28.7 Å². The van der Waals surface area contributed by atoms with Crippen LogP contribution in [0.3, 0.4) is 0 Å². The normalized spacial score (nSPS) is 23.1. The average Bonchev–Trinajstić information content (AvgIpc) is 2.66. The summed E-state index contributed by atoms with van der Waals surface area (Å²) >= 11 is 12.5. The lowest BCUT2D eigenvalue weighted by molar-refractivity contribution is 0.159. The number of nitrogens with one attached hydrogen (secondary N) is 1. The van der Waals surface area contributed by atoms with Gasteiger partial charge >= 0.3 is 0 Å². The van der Waals surface area contributed by atoms with Gasteiger partial charge in [0.2, 0.25) is 0 Å². The van der Waals surface area contributed by atoms with E-state index in [1.807, 2.05) is 18.2 Å². The number of hydrogen-bond donors (Lipinski definition) is 1. The standard InChI is InChI=1S/C17H24Cl2N2/c18-15-5-6-16(19)14(11-15)12-21-10-4-9-20-17(13-21)7-2-1-3-8-17/h5-6,11,20H,1-4,7-10,12-13H2. The minimum atomic E-state index is 0.333. The van der Waals surface area contributed by atoms with E-state index in [1.165, 1.54) is 38.5 Å². The van der Waals surface area contributed by atoms with Crippen LogP contribution in [-0.4, -0.2) is 30.1 Å². The molecule has 1 N–H and O–H groups in total. The molecule has 0 bridgehead atoms.